The minimum Gasteiger partial charge on any atom is -0.507 e. The van der Waals surface area contributed by atoms with Crippen LogP contribution in [0, 0.1) is 5.82 Å². The van der Waals surface area contributed by atoms with Gasteiger partial charge in [-0.25, -0.2) is 9.37 Å². The number of aryl methyl sites for hydroxylation is 1. The molecule has 1 aromatic heterocycles. The van der Waals surface area contributed by atoms with Crippen LogP contribution >= 0.6 is 0 Å². The van der Waals surface area contributed by atoms with E-state index in [4.69, 9.17) is 0 Å². The van der Waals surface area contributed by atoms with Crippen molar-refractivity contribution in [3.05, 3.63) is 47.8 Å². The zero-order valence-electron chi connectivity index (χ0n) is 10.4. The second-order valence-electron chi connectivity index (χ2n) is 4.45. The maximum Gasteiger partial charge on any atom is 0.142 e. The van der Waals surface area contributed by atoms with Crippen molar-refractivity contribution in [2.45, 2.75) is 13.3 Å². The summed E-state index contributed by atoms with van der Waals surface area (Å²) in [5, 5.41) is 9.79. The lowest BCUT2D eigenvalue weighted by molar-refractivity contribution is 0.475. The van der Waals surface area contributed by atoms with Crippen LogP contribution in [0.5, 0.6) is 5.75 Å². The number of H-pyrrole nitrogens is 1. The lowest BCUT2D eigenvalue weighted by Gasteiger charge is -2.00. The van der Waals surface area contributed by atoms with E-state index in [-0.39, 0.29) is 5.75 Å². The molecule has 2 aromatic carbocycles. The van der Waals surface area contributed by atoms with Gasteiger partial charge in [0.1, 0.15) is 17.4 Å². The molecular formula is C15H13FN2O. The van der Waals surface area contributed by atoms with Gasteiger partial charge in [0.2, 0.25) is 0 Å². The van der Waals surface area contributed by atoms with Crippen molar-refractivity contribution < 1.29 is 9.50 Å². The summed E-state index contributed by atoms with van der Waals surface area (Å²) in [5.41, 5.74) is 3.26. The molecule has 0 amide bonds. The highest BCUT2D eigenvalue weighted by Crippen LogP contribution is 2.29. The maximum atomic E-state index is 13.3. The fourth-order valence-electron chi connectivity index (χ4n) is 2.10. The van der Waals surface area contributed by atoms with Crippen LogP contribution < -0.4 is 0 Å². The second-order valence-corrected chi connectivity index (χ2v) is 4.45. The van der Waals surface area contributed by atoms with Crippen LogP contribution in [-0.2, 0) is 6.42 Å². The van der Waals surface area contributed by atoms with Gasteiger partial charge in [-0.3, -0.25) is 0 Å². The molecule has 1 heterocycles. The summed E-state index contributed by atoms with van der Waals surface area (Å²) < 4.78 is 13.3. The van der Waals surface area contributed by atoms with E-state index >= 15 is 0 Å². The predicted molar refractivity (Wildman–Crippen MR) is 72.5 cm³/mol. The van der Waals surface area contributed by atoms with Gasteiger partial charge >= 0.3 is 0 Å². The van der Waals surface area contributed by atoms with Gasteiger partial charge in [0, 0.05) is 0 Å². The summed E-state index contributed by atoms with van der Waals surface area (Å²) in [4.78, 5) is 7.49. The monoisotopic (exact) mass is 256 g/mol. The van der Waals surface area contributed by atoms with Crippen LogP contribution in [0.3, 0.4) is 0 Å². The van der Waals surface area contributed by atoms with Crippen LogP contribution in [-0.4, -0.2) is 15.1 Å². The van der Waals surface area contributed by atoms with Crippen molar-refractivity contribution in [3.63, 3.8) is 0 Å². The smallest absolute Gasteiger partial charge is 0.142 e. The van der Waals surface area contributed by atoms with E-state index in [2.05, 4.69) is 16.9 Å². The molecule has 0 aliphatic heterocycles. The first-order valence-electron chi connectivity index (χ1n) is 6.15. The molecule has 0 radical (unpaired) electrons. The Morgan fingerprint density at radius 3 is 2.84 bits per heavy atom. The standard InChI is InChI=1S/C15H13FN2O/c1-2-9-3-5-12-13(7-9)18-15(17-12)11-8-10(16)4-6-14(11)19/h3-8,19H,2H2,1H3,(H,17,18). The Bertz CT molecular complexity index is 749. The number of aromatic hydroxyl groups is 1. The zero-order chi connectivity index (χ0) is 13.4. The number of nitrogens with zero attached hydrogens (tertiary/aromatic N) is 1. The van der Waals surface area contributed by atoms with E-state index in [0.717, 1.165) is 17.5 Å². The normalized spacial score (nSPS) is 11.1. The number of rotatable bonds is 2. The third-order valence-corrected chi connectivity index (χ3v) is 3.17. The number of benzene rings is 2. The van der Waals surface area contributed by atoms with E-state index in [9.17, 15) is 9.50 Å². The summed E-state index contributed by atoms with van der Waals surface area (Å²) in [7, 11) is 0. The van der Waals surface area contributed by atoms with E-state index < -0.39 is 5.82 Å². The van der Waals surface area contributed by atoms with Gasteiger partial charge < -0.3 is 10.1 Å². The highest BCUT2D eigenvalue weighted by atomic mass is 19.1. The van der Waals surface area contributed by atoms with Crippen molar-refractivity contribution >= 4 is 11.0 Å². The summed E-state index contributed by atoms with van der Waals surface area (Å²) in [6.07, 6.45) is 0.940. The van der Waals surface area contributed by atoms with Crippen molar-refractivity contribution in [3.8, 4) is 17.1 Å². The third kappa shape index (κ3) is 2.05. The number of aromatic nitrogens is 2. The molecule has 0 atom stereocenters. The fourth-order valence-corrected chi connectivity index (χ4v) is 2.10. The van der Waals surface area contributed by atoms with Crippen LogP contribution in [0.1, 0.15) is 12.5 Å². The summed E-state index contributed by atoms with van der Waals surface area (Å²) >= 11 is 0. The van der Waals surface area contributed by atoms with Gasteiger partial charge in [-0.15, -0.1) is 0 Å². The van der Waals surface area contributed by atoms with Crippen molar-refractivity contribution in [2.75, 3.05) is 0 Å². The van der Waals surface area contributed by atoms with E-state index in [1.165, 1.54) is 23.8 Å². The van der Waals surface area contributed by atoms with Crippen LogP contribution in [0.15, 0.2) is 36.4 Å². The largest absolute Gasteiger partial charge is 0.507 e. The number of imidazole rings is 1. The number of aromatic amines is 1. The quantitative estimate of drug-likeness (QED) is 0.735. The van der Waals surface area contributed by atoms with Gasteiger partial charge in [0.15, 0.2) is 0 Å². The Morgan fingerprint density at radius 2 is 2.05 bits per heavy atom. The molecule has 0 saturated carbocycles. The third-order valence-electron chi connectivity index (χ3n) is 3.17. The number of hydrogen-bond acceptors (Lipinski definition) is 2. The number of nitrogens with one attached hydrogen (secondary N) is 1. The van der Waals surface area contributed by atoms with Crippen LogP contribution in [0.4, 0.5) is 4.39 Å². The zero-order valence-corrected chi connectivity index (χ0v) is 10.4. The SMILES string of the molecule is CCc1ccc2nc(-c3cc(F)ccc3O)[nH]c2c1. The van der Waals surface area contributed by atoms with Gasteiger partial charge in [0.25, 0.3) is 0 Å². The molecule has 0 aliphatic rings. The predicted octanol–water partition coefficient (Wildman–Crippen LogP) is 3.64. The molecular weight excluding hydrogens is 243 g/mol. The molecule has 0 bridgehead atoms. The van der Waals surface area contributed by atoms with Crippen molar-refractivity contribution in [2.24, 2.45) is 0 Å². The van der Waals surface area contributed by atoms with E-state index in [1.54, 1.807) is 0 Å². The van der Waals surface area contributed by atoms with Gasteiger partial charge in [-0.1, -0.05) is 13.0 Å². The molecule has 2 N–H and O–H groups in total. The number of phenols is 1. The van der Waals surface area contributed by atoms with Crippen LogP contribution in [0.2, 0.25) is 0 Å². The molecule has 19 heavy (non-hydrogen) atoms. The minimum absolute atomic E-state index is 0.0103. The fraction of sp³-hybridized carbons (Fsp3) is 0.133. The number of hydrogen-bond donors (Lipinski definition) is 2. The molecule has 3 nitrogen and oxygen atoms in total. The maximum absolute atomic E-state index is 13.3. The lowest BCUT2D eigenvalue weighted by Crippen LogP contribution is -1.83. The Labute approximate surface area is 109 Å². The first-order valence-corrected chi connectivity index (χ1v) is 6.15. The first kappa shape index (κ1) is 11.7. The molecule has 3 rings (SSSR count). The number of phenolic OH excluding ortho intramolecular Hbond substituents is 1. The molecule has 96 valence electrons. The molecule has 0 saturated heterocycles. The molecule has 0 spiro atoms. The van der Waals surface area contributed by atoms with Gasteiger partial charge in [0.05, 0.1) is 16.6 Å². The highest BCUT2D eigenvalue weighted by molar-refractivity contribution is 5.81. The summed E-state index contributed by atoms with van der Waals surface area (Å²) in [6.45, 7) is 2.08. The topological polar surface area (TPSA) is 48.9 Å². The summed E-state index contributed by atoms with van der Waals surface area (Å²) in [5.74, 6) is 0.0823. The minimum atomic E-state index is -0.400. The van der Waals surface area contributed by atoms with Crippen molar-refractivity contribution in [1.82, 2.24) is 9.97 Å². The van der Waals surface area contributed by atoms with E-state index in [0.29, 0.717) is 11.4 Å². The Hall–Kier alpha value is -2.36. The summed E-state index contributed by atoms with van der Waals surface area (Å²) in [6, 6.07) is 9.77. The number of halogens is 1. The molecule has 4 heteroatoms. The first-order chi connectivity index (χ1) is 9.17. The lowest BCUT2D eigenvalue weighted by atomic mass is 10.1. The average Bonchev–Trinajstić information content (AvgIpc) is 2.83. The average molecular weight is 256 g/mol. The Morgan fingerprint density at radius 1 is 1.21 bits per heavy atom. The molecule has 3 aromatic rings. The molecule has 0 unspecified atom stereocenters. The molecule has 0 fully saturated rings. The Balaban J connectivity index is 2.17. The van der Waals surface area contributed by atoms with Gasteiger partial charge in [-0.2, -0.15) is 0 Å². The van der Waals surface area contributed by atoms with Crippen molar-refractivity contribution in [1.29, 1.82) is 0 Å². The van der Waals surface area contributed by atoms with E-state index in [1.807, 2.05) is 18.2 Å². The highest BCUT2D eigenvalue weighted by Gasteiger charge is 2.10. The molecule has 0 aliphatic carbocycles. The number of fused-ring (bicyclic) bond motifs is 1. The van der Waals surface area contributed by atoms with Gasteiger partial charge in [-0.05, 0) is 42.3 Å². The second kappa shape index (κ2) is 4.39. The Kier molecular flexibility index (Phi) is 2.71. The van der Waals surface area contributed by atoms with Crippen LogP contribution in [0.25, 0.3) is 22.4 Å².